The van der Waals surface area contributed by atoms with Gasteiger partial charge in [-0.15, -0.1) is 11.6 Å². The number of halogens is 1. The van der Waals surface area contributed by atoms with Gasteiger partial charge in [0.25, 0.3) is 0 Å². The van der Waals surface area contributed by atoms with Crippen molar-refractivity contribution in [3.8, 4) is 0 Å². The van der Waals surface area contributed by atoms with E-state index in [1.165, 1.54) is 4.90 Å². The zero-order valence-electron chi connectivity index (χ0n) is 10.1. The summed E-state index contributed by atoms with van der Waals surface area (Å²) in [5.74, 6) is -0.414. The summed E-state index contributed by atoms with van der Waals surface area (Å²) in [6.07, 6.45) is -1.000. The first-order valence-electron chi connectivity index (χ1n) is 5.05. The lowest BCUT2D eigenvalue weighted by atomic mass is 10.0. The smallest absolute Gasteiger partial charge is 0.408 e. The predicted octanol–water partition coefficient (Wildman–Crippen LogP) is 1.51. The van der Waals surface area contributed by atoms with Gasteiger partial charge in [0, 0.05) is 12.1 Å². The maximum Gasteiger partial charge on any atom is 0.408 e. The van der Waals surface area contributed by atoms with Crippen molar-refractivity contribution in [1.82, 2.24) is 10.2 Å². The second-order valence-electron chi connectivity index (χ2n) is 4.61. The van der Waals surface area contributed by atoms with Gasteiger partial charge in [-0.25, -0.2) is 4.79 Å². The first-order chi connectivity index (χ1) is 7.20. The molecule has 0 aromatic heterocycles. The highest BCUT2D eigenvalue weighted by Crippen LogP contribution is 2.16. The van der Waals surface area contributed by atoms with Gasteiger partial charge in [-0.05, 0) is 27.7 Å². The van der Waals surface area contributed by atoms with Crippen molar-refractivity contribution in [3.63, 3.8) is 0 Å². The largest absolute Gasteiger partial charge is 0.465 e. The summed E-state index contributed by atoms with van der Waals surface area (Å²) in [6.45, 7) is 7.42. The van der Waals surface area contributed by atoms with E-state index in [1.54, 1.807) is 27.7 Å². The van der Waals surface area contributed by atoms with Crippen LogP contribution in [0.15, 0.2) is 0 Å². The molecule has 0 radical (unpaired) electrons. The topological polar surface area (TPSA) is 69.6 Å². The molecule has 0 saturated carbocycles. The molecule has 0 aromatic rings. The van der Waals surface area contributed by atoms with Crippen molar-refractivity contribution in [2.24, 2.45) is 0 Å². The summed E-state index contributed by atoms with van der Waals surface area (Å²) in [7, 11) is 0. The molecule has 1 atom stereocenters. The van der Waals surface area contributed by atoms with E-state index in [-0.39, 0.29) is 24.4 Å². The molecule has 1 unspecified atom stereocenters. The van der Waals surface area contributed by atoms with Crippen LogP contribution in [0.25, 0.3) is 0 Å². The molecule has 0 aliphatic rings. The second-order valence-corrected chi connectivity index (χ2v) is 4.88. The molecule has 2 N–H and O–H groups in total. The number of nitrogens with one attached hydrogen (secondary N) is 1. The van der Waals surface area contributed by atoms with Crippen molar-refractivity contribution in [1.29, 1.82) is 0 Å². The number of carboxylic acid groups (broad SMARTS) is 1. The van der Waals surface area contributed by atoms with Crippen LogP contribution >= 0.6 is 11.6 Å². The Bertz CT molecular complexity index is 263. The number of hydrogen-bond donors (Lipinski definition) is 2. The van der Waals surface area contributed by atoms with Crippen LogP contribution in [0.1, 0.15) is 27.7 Å². The Hall–Kier alpha value is -0.970. The number of hydrogen-bond acceptors (Lipinski definition) is 2. The molecule has 6 heteroatoms. The van der Waals surface area contributed by atoms with Gasteiger partial charge in [0.1, 0.15) is 5.88 Å². The summed E-state index contributed by atoms with van der Waals surface area (Å²) in [5.41, 5.74) is -0.503. The van der Waals surface area contributed by atoms with Gasteiger partial charge in [-0.1, -0.05) is 0 Å². The normalized spacial score (nSPS) is 13.1. The summed E-state index contributed by atoms with van der Waals surface area (Å²) in [4.78, 5) is 23.3. The second kappa shape index (κ2) is 5.94. The monoisotopic (exact) mass is 250 g/mol. The summed E-state index contributed by atoms with van der Waals surface area (Å²) >= 11 is 5.33. The lowest BCUT2D eigenvalue weighted by Crippen LogP contribution is -2.53. The molecule has 16 heavy (non-hydrogen) atoms. The van der Waals surface area contributed by atoms with Crippen molar-refractivity contribution in [2.75, 3.05) is 12.4 Å². The third-order valence-corrected chi connectivity index (χ3v) is 2.33. The van der Waals surface area contributed by atoms with Crippen LogP contribution in [0, 0.1) is 0 Å². The Morgan fingerprint density at radius 3 is 2.25 bits per heavy atom. The van der Waals surface area contributed by atoms with E-state index >= 15 is 0 Å². The predicted molar refractivity (Wildman–Crippen MR) is 62.8 cm³/mol. The number of amides is 2. The fourth-order valence-corrected chi connectivity index (χ4v) is 1.63. The minimum Gasteiger partial charge on any atom is -0.465 e. The molecule has 0 saturated heterocycles. The lowest BCUT2D eigenvalue weighted by Gasteiger charge is -2.38. The summed E-state index contributed by atoms with van der Waals surface area (Å²) < 4.78 is 0. The Balaban J connectivity index is 4.47. The van der Waals surface area contributed by atoms with Crippen LogP contribution in [0.3, 0.4) is 0 Å². The van der Waals surface area contributed by atoms with Gasteiger partial charge in [-0.2, -0.15) is 0 Å². The molecule has 0 fully saturated rings. The Kier molecular flexibility index (Phi) is 5.58. The Morgan fingerprint density at radius 1 is 1.44 bits per heavy atom. The molecule has 0 spiro atoms. The first kappa shape index (κ1) is 15.0. The number of carbonyl (C=O) groups excluding carboxylic acids is 1. The summed E-state index contributed by atoms with van der Waals surface area (Å²) in [6, 6.07) is -0.301. The molecule has 0 aliphatic carbocycles. The average molecular weight is 251 g/mol. The van der Waals surface area contributed by atoms with Crippen LogP contribution in [-0.2, 0) is 4.79 Å². The van der Waals surface area contributed by atoms with Gasteiger partial charge in [-0.3, -0.25) is 9.69 Å². The fraction of sp³-hybridized carbons (Fsp3) is 0.800. The maximum atomic E-state index is 11.1. The third-order valence-electron chi connectivity index (χ3n) is 2.09. The van der Waals surface area contributed by atoms with Crippen LogP contribution in [0.4, 0.5) is 4.79 Å². The Morgan fingerprint density at radius 2 is 1.94 bits per heavy atom. The SMILES string of the molecule is CC(CNC(=O)CCl)N(C(=O)O)C(C)(C)C. The molecule has 0 rings (SSSR count). The minimum absolute atomic E-state index is 0.116. The molecular formula is C10H19ClN2O3. The molecule has 5 nitrogen and oxygen atoms in total. The van der Waals surface area contributed by atoms with E-state index in [1.807, 2.05) is 0 Å². The zero-order valence-corrected chi connectivity index (χ0v) is 10.8. The van der Waals surface area contributed by atoms with E-state index < -0.39 is 11.6 Å². The van der Waals surface area contributed by atoms with E-state index in [0.29, 0.717) is 0 Å². The van der Waals surface area contributed by atoms with Gasteiger partial charge in [0.2, 0.25) is 5.91 Å². The Labute approximate surface area is 101 Å². The number of rotatable bonds is 4. The van der Waals surface area contributed by atoms with Crippen LogP contribution < -0.4 is 5.32 Å². The fourth-order valence-electron chi connectivity index (χ4n) is 1.54. The van der Waals surface area contributed by atoms with Crippen LogP contribution in [-0.4, -0.2) is 46.0 Å². The van der Waals surface area contributed by atoms with E-state index in [0.717, 1.165) is 0 Å². The quantitative estimate of drug-likeness (QED) is 0.743. The van der Waals surface area contributed by atoms with Gasteiger partial charge in [0.15, 0.2) is 0 Å². The molecule has 94 valence electrons. The van der Waals surface area contributed by atoms with E-state index in [2.05, 4.69) is 5.32 Å². The molecule has 0 bridgehead atoms. The number of nitrogens with zero attached hydrogens (tertiary/aromatic N) is 1. The van der Waals surface area contributed by atoms with Gasteiger partial charge in [0.05, 0.1) is 6.04 Å². The summed E-state index contributed by atoms with van der Waals surface area (Å²) in [5, 5.41) is 11.7. The number of carbonyl (C=O) groups is 2. The molecule has 0 heterocycles. The van der Waals surface area contributed by atoms with Crippen molar-refractivity contribution in [2.45, 2.75) is 39.3 Å². The van der Waals surface area contributed by atoms with E-state index in [4.69, 9.17) is 16.7 Å². The highest BCUT2D eigenvalue weighted by Gasteiger charge is 2.30. The first-order valence-corrected chi connectivity index (χ1v) is 5.58. The molecule has 0 aliphatic heterocycles. The van der Waals surface area contributed by atoms with Crippen molar-refractivity contribution >= 4 is 23.6 Å². The number of alkyl halides is 1. The standard InChI is InChI=1S/C10H19ClN2O3/c1-7(6-12-8(14)5-11)13(9(15)16)10(2,3)4/h7H,5-6H2,1-4H3,(H,12,14)(H,15,16). The minimum atomic E-state index is -1.000. The third kappa shape index (κ3) is 4.70. The lowest BCUT2D eigenvalue weighted by molar-refractivity contribution is -0.119. The zero-order chi connectivity index (χ0) is 12.9. The average Bonchev–Trinajstić information content (AvgIpc) is 2.11. The van der Waals surface area contributed by atoms with Crippen molar-refractivity contribution < 1.29 is 14.7 Å². The molecule has 2 amide bonds. The highest BCUT2D eigenvalue weighted by atomic mass is 35.5. The van der Waals surface area contributed by atoms with Crippen molar-refractivity contribution in [3.05, 3.63) is 0 Å². The van der Waals surface area contributed by atoms with Gasteiger partial charge >= 0.3 is 6.09 Å². The van der Waals surface area contributed by atoms with Crippen LogP contribution in [0.5, 0.6) is 0 Å². The molecule has 0 aromatic carbocycles. The molecular weight excluding hydrogens is 232 g/mol. The van der Waals surface area contributed by atoms with Crippen LogP contribution in [0.2, 0.25) is 0 Å². The van der Waals surface area contributed by atoms with Gasteiger partial charge < -0.3 is 10.4 Å². The maximum absolute atomic E-state index is 11.1. The highest BCUT2D eigenvalue weighted by molar-refractivity contribution is 6.27. The van der Waals surface area contributed by atoms with E-state index in [9.17, 15) is 9.59 Å².